The number of aromatic nitrogens is 2. The third-order valence-corrected chi connectivity index (χ3v) is 5.31. The van der Waals surface area contributed by atoms with Crippen molar-refractivity contribution in [2.75, 3.05) is 0 Å². The Bertz CT molecular complexity index is 971. The van der Waals surface area contributed by atoms with E-state index in [2.05, 4.69) is 43.2 Å². The minimum atomic E-state index is -0.0531. The number of aromatic hydroxyl groups is 1. The summed E-state index contributed by atoms with van der Waals surface area (Å²) >= 11 is 0. The highest BCUT2D eigenvalue weighted by atomic mass is 16.5. The minimum Gasteiger partial charge on any atom is -0.507 e. The lowest BCUT2D eigenvalue weighted by atomic mass is 9.81. The van der Waals surface area contributed by atoms with E-state index in [1.165, 1.54) is 6.08 Å². The molecule has 30 heavy (non-hydrogen) atoms. The number of nitrogens with one attached hydrogen (secondary N) is 3. The smallest absolute Gasteiger partial charge is 0.207 e. The molecule has 1 aliphatic rings. The van der Waals surface area contributed by atoms with Crippen molar-refractivity contribution in [2.24, 2.45) is 0 Å². The van der Waals surface area contributed by atoms with Crippen LogP contribution in [0.15, 0.2) is 36.5 Å². The molecule has 1 aliphatic heterocycles. The van der Waals surface area contributed by atoms with Crippen LogP contribution in [-0.2, 0) is 4.74 Å². The van der Waals surface area contributed by atoms with Crippen LogP contribution < -0.4 is 10.7 Å². The Balaban J connectivity index is 1.65. The van der Waals surface area contributed by atoms with Gasteiger partial charge < -0.3 is 15.2 Å². The van der Waals surface area contributed by atoms with E-state index in [0.717, 1.165) is 29.7 Å². The zero-order valence-electron chi connectivity index (χ0n) is 18.3. The van der Waals surface area contributed by atoms with Crippen LogP contribution in [-0.4, -0.2) is 44.1 Å². The van der Waals surface area contributed by atoms with Crippen LogP contribution in [0.3, 0.4) is 0 Å². The van der Waals surface area contributed by atoms with Crippen molar-refractivity contribution in [3.8, 4) is 16.9 Å². The number of phenols is 1. The van der Waals surface area contributed by atoms with Gasteiger partial charge in [0.05, 0.1) is 11.8 Å². The van der Waals surface area contributed by atoms with Crippen molar-refractivity contribution in [2.45, 2.75) is 64.6 Å². The van der Waals surface area contributed by atoms with E-state index in [1.807, 2.05) is 13.0 Å². The lowest BCUT2D eigenvalue weighted by Crippen LogP contribution is -2.59. The van der Waals surface area contributed by atoms with Gasteiger partial charge in [-0.1, -0.05) is 6.07 Å². The Kier molecular flexibility index (Phi) is 5.85. The molecule has 1 fully saturated rings. The maximum Gasteiger partial charge on any atom is 0.207 e. The summed E-state index contributed by atoms with van der Waals surface area (Å²) in [5.41, 5.74) is 3.47. The van der Waals surface area contributed by atoms with Crippen molar-refractivity contribution < 1.29 is 15.3 Å². The summed E-state index contributed by atoms with van der Waals surface area (Å²) in [4.78, 5) is 0. The lowest BCUT2D eigenvalue weighted by molar-refractivity contribution is -0.111. The first-order valence-electron chi connectivity index (χ1n) is 10.1. The first-order chi connectivity index (χ1) is 14.0. The van der Waals surface area contributed by atoms with Crippen molar-refractivity contribution >= 4 is 11.6 Å². The number of rotatable bonds is 5. The quantitative estimate of drug-likeness (QED) is 0.384. The standard InChI is InChI=1S/C23H31N5O2/c1-14-18(13-26-27-14)15-6-7-17(20(29)10-15)19(24)8-9-21(25)30-16-11-22(2,3)28-23(4,5)12-16/h6-10,13,16,24-25,28-29H,11-12H2,1-5H3,(H,26,27)/p+1/b9-8-,24-19?,25-21?. The summed E-state index contributed by atoms with van der Waals surface area (Å²) < 4.78 is 5.88. The van der Waals surface area contributed by atoms with Gasteiger partial charge in [-0.05, 0) is 52.3 Å². The number of ether oxygens (including phenoxy) is 1. The molecule has 0 saturated carbocycles. The number of nitrogens with zero attached hydrogens (tertiary/aromatic N) is 1. The van der Waals surface area contributed by atoms with Gasteiger partial charge in [-0.15, -0.1) is 0 Å². The highest BCUT2D eigenvalue weighted by Crippen LogP contribution is 2.31. The molecule has 0 atom stereocenters. The maximum absolute atomic E-state index is 10.4. The normalized spacial score (nSPS) is 18.4. The summed E-state index contributed by atoms with van der Waals surface area (Å²) in [5, 5.41) is 35.3. The summed E-state index contributed by atoms with van der Waals surface area (Å²) in [7, 11) is 0. The van der Waals surface area contributed by atoms with Crippen molar-refractivity contribution in [3.63, 3.8) is 0 Å². The van der Waals surface area contributed by atoms with E-state index in [-0.39, 0.29) is 28.8 Å². The molecule has 7 heteroatoms. The fourth-order valence-electron chi connectivity index (χ4n) is 4.37. The Morgan fingerprint density at radius 3 is 2.47 bits per heavy atom. The van der Waals surface area contributed by atoms with Crippen LogP contribution in [0.5, 0.6) is 5.75 Å². The number of nitrogens with two attached hydrogens (primary N) is 1. The molecule has 160 valence electrons. The van der Waals surface area contributed by atoms with Gasteiger partial charge in [0.25, 0.3) is 0 Å². The first-order valence-corrected chi connectivity index (χ1v) is 10.1. The molecule has 0 aliphatic carbocycles. The number of benzene rings is 1. The molecule has 3 rings (SSSR count). The molecule has 0 bridgehead atoms. The average Bonchev–Trinajstić information content (AvgIpc) is 3.02. The van der Waals surface area contributed by atoms with Crippen LogP contribution in [0, 0.1) is 12.3 Å². The van der Waals surface area contributed by atoms with Crippen LogP contribution >= 0.6 is 0 Å². The molecule has 1 aromatic heterocycles. The second-order valence-corrected chi connectivity index (χ2v) is 9.33. The van der Waals surface area contributed by atoms with E-state index in [0.29, 0.717) is 11.3 Å². The second kappa shape index (κ2) is 8.07. The molecular formula is C23H32N5O2+. The summed E-state index contributed by atoms with van der Waals surface area (Å²) in [6.45, 7) is 10.5. The van der Waals surface area contributed by atoms with Gasteiger partial charge in [0, 0.05) is 47.3 Å². The number of phenolic OH excluding ortho intramolecular Hbond substituents is 1. The number of aryl methyl sites for hydroxylation is 1. The molecule has 0 radical (unpaired) electrons. The first kappa shape index (κ1) is 21.8. The van der Waals surface area contributed by atoms with Crippen LogP contribution in [0.4, 0.5) is 0 Å². The molecule has 0 unspecified atom stereocenters. The Hall–Kier alpha value is -2.93. The largest absolute Gasteiger partial charge is 0.507 e. The second-order valence-electron chi connectivity index (χ2n) is 9.33. The molecule has 2 heterocycles. The third-order valence-electron chi connectivity index (χ3n) is 5.31. The summed E-state index contributed by atoms with van der Waals surface area (Å²) in [5.74, 6) is 0.131. The third kappa shape index (κ3) is 5.16. The van der Waals surface area contributed by atoms with Gasteiger partial charge in [-0.2, -0.15) is 5.10 Å². The molecule has 7 nitrogen and oxygen atoms in total. The maximum atomic E-state index is 10.4. The molecule has 2 aromatic rings. The number of H-pyrrole nitrogens is 1. The molecule has 1 saturated heterocycles. The predicted molar refractivity (Wildman–Crippen MR) is 119 cm³/mol. The van der Waals surface area contributed by atoms with Crippen molar-refractivity contribution in [1.82, 2.24) is 15.5 Å². The number of hydrogen-bond donors (Lipinski definition) is 5. The Morgan fingerprint density at radius 1 is 1.23 bits per heavy atom. The van der Waals surface area contributed by atoms with Crippen LogP contribution in [0.1, 0.15) is 51.8 Å². The van der Waals surface area contributed by atoms with E-state index in [9.17, 15) is 5.11 Å². The van der Waals surface area contributed by atoms with Crippen molar-refractivity contribution in [3.05, 3.63) is 47.8 Å². The molecule has 0 spiro atoms. The van der Waals surface area contributed by atoms with Gasteiger partial charge >= 0.3 is 0 Å². The minimum absolute atomic E-state index is 0.0412. The van der Waals surface area contributed by atoms with E-state index < -0.39 is 0 Å². The van der Waals surface area contributed by atoms with Gasteiger partial charge in [0.1, 0.15) is 11.9 Å². The van der Waals surface area contributed by atoms with Crippen LogP contribution in [0.25, 0.3) is 11.1 Å². The molecule has 1 aromatic carbocycles. The monoisotopic (exact) mass is 410 g/mol. The topological polar surface area (TPSA) is 120 Å². The average molecular weight is 411 g/mol. The predicted octanol–water partition coefficient (Wildman–Crippen LogP) is 2.50. The zero-order chi connectivity index (χ0) is 22.1. The SMILES string of the molecule is Cc1[nH]ncc1-c1ccc(C(=[NH2+])/C=C\C(=N)OC2CC(C)(C)NC(C)(C)C2)c(O)c1. The van der Waals surface area contributed by atoms with E-state index in [1.54, 1.807) is 24.4 Å². The molecule has 0 amide bonds. The summed E-state index contributed by atoms with van der Waals surface area (Å²) in [6, 6.07) is 5.31. The number of hydrogen-bond acceptors (Lipinski definition) is 5. The van der Waals surface area contributed by atoms with E-state index in [4.69, 9.17) is 15.6 Å². The fourth-order valence-corrected chi connectivity index (χ4v) is 4.37. The van der Waals surface area contributed by atoms with Crippen LogP contribution in [0.2, 0.25) is 0 Å². The Morgan fingerprint density at radius 2 is 1.90 bits per heavy atom. The zero-order valence-corrected chi connectivity index (χ0v) is 18.3. The van der Waals surface area contributed by atoms with Gasteiger partial charge in [0.15, 0.2) is 0 Å². The fraction of sp³-hybridized carbons (Fsp3) is 0.435. The van der Waals surface area contributed by atoms with Crippen molar-refractivity contribution in [1.29, 1.82) is 5.41 Å². The van der Waals surface area contributed by atoms with Gasteiger partial charge in [-0.25, -0.2) is 0 Å². The molecular weight excluding hydrogens is 378 g/mol. The molecule has 6 N–H and O–H groups in total. The highest BCUT2D eigenvalue weighted by Gasteiger charge is 2.38. The number of allylic oxidation sites excluding steroid dienone is 1. The van der Waals surface area contributed by atoms with Gasteiger partial charge in [-0.3, -0.25) is 15.9 Å². The number of piperidine rings is 1. The van der Waals surface area contributed by atoms with Gasteiger partial charge in [0.2, 0.25) is 11.6 Å². The lowest BCUT2D eigenvalue weighted by Gasteiger charge is -2.46. The van der Waals surface area contributed by atoms with E-state index >= 15 is 0 Å². The summed E-state index contributed by atoms with van der Waals surface area (Å²) in [6.07, 6.45) is 6.45. The number of aromatic amines is 1. The Labute approximate surface area is 177 Å². The highest BCUT2D eigenvalue weighted by molar-refractivity contribution is 6.09.